The van der Waals surface area contributed by atoms with Crippen LogP contribution in [0.25, 0.3) is 0 Å². The summed E-state index contributed by atoms with van der Waals surface area (Å²) in [5.74, 6) is 0.555. The van der Waals surface area contributed by atoms with Crippen LogP contribution in [0.5, 0.6) is 0 Å². The molecule has 0 unspecified atom stereocenters. The number of aryl methyl sites for hydroxylation is 1. The number of hydrogen-bond donors (Lipinski definition) is 0. The fourth-order valence-electron chi connectivity index (χ4n) is 2.67. The highest BCUT2D eigenvalue weighted by molar-refractivity contribution is 5.25. The molecule has 9 heteroatoms. The molecule has 1 aliphatic rings. The maximum atomic E-state index is 11.8. The van der Waals surface area contributed by atoms with Crippen molar-refractivity contribution in [1.82, 2.24) is 24.8 Å². The number of hydrogen-bond acceptors (Lipinski definition) is 8. The van der Waals surface area contributed by atoms with Crippen LogP contribution in [0.15, 0.2) is 21.5 Å². The molecule has 1 saturated heterocycles. The molecular weight excluding hydrogens is 312 g/mol. The standard InChI is InChI=1S/C15H22N6O3/c1-12-3-4-14(22)21(17-12)10-7-19-5-8-20(9-6-19)15-16-13(11-23-2)18-24-15/h3-4H,5-11H2,1-2H3. The van der Waals surface area contributed by atoms with Crippen molar-refractivity contribution in [3.8, 4) is 0 Å². The average molecular weight is 334 g/mol. The molecule has 9 nitrogen and oxygen atoms in total. The monoisotopic (exact) mass is 334 g/mol. The van der Waals surface area contributed by atoms with Crippen LogP contribution in [0, 0.1) is 6.92 Å². The quantitative estimate of drug-likeness (QED) is 0.724. The minimum absolute atomic E-state index is 0.0595. The molecular formula is C15H22N6O3. The zero-order valence-electron chi connectivity index (χ0n) is 14.0. The number of rotatable bonds is 6. The number of methoxy groups -OCH3 is 1. The molecule has 0 spiro atoms. The Kier molecular flexibility index (Phi) is 5.21. The van der Waals surface area contributed by atoms with Crippen LogP contribution < -0.4 is 10.5 Å². The molecule has 0 atom stereocenters. The molecule has 0 amide bonds. The Morgan fingerprint density at radius 2 is 2.00 bits per heavy atom. The zero-order valence-corrected chi connectivity index (χ0v) is 14.0. The lowest BCUT2D eigenvalue weighted by molar-refractivity contribution is 0.174. The van der Waals surface area contributed by atoms with Crippen LogP contribution in [0.4, 0.5) is 6.01 Å². The molecule has 1 fully saturated rings. The molecule has 2 aromatic rings. The van der Waals surface area contributed by atoms with E-state index in [0.29, 0.717) is 25.0 Å². The van der Waals surface area contributed by atoms with E-state index >= 15 is 0 Å². The lowest BCUT2D eigenvalue weighted by Gasteiger charge is -2.33. The van der Waals surface area contributed by atoms with E-state index in [1.54, 1.807) is 19.2 Å². The average Bonchev–Trinajstić information content (AvgIpc) is 3.05. The van der Waals surface area contributed by atoms with Crippen LogP contribution in [0.1, 0.15) is 11.5 Å². The van der Waals surface area contributed by atoms with Gasteiger partial charge in [0.05, 0.1) is 12.2 Å². The van der Waals surface area contributed by atoms with Gasteiger partial charge in [-0.25, -0.2) is 4.68 Å². The third kappa shape index (κ3) is 3.98. The molecule has 0 aliphatic carbocycles. The number of ether oxygens (including phenoxy) is 1. The molecule has 130 valence electrons. The van der Waals surface area contributed by atoms with E-state index in [9.17, 15) is 4.79 Å². The summed E-state index contributed by atoms with van der Waals surface area (Å²) < 4.78 is 11.8. The van der Waals surface area contributed by atoms with Gasteiger partial charge in [0.15, 0.2) is 5.82 Å². The summed E-state index contributed by atoms with van der Waals surface area (Å²) in [4.78, 5) is 20.5. The Hall–Kier alpha value is -2.26. The molecule has 0 N–H and O–H groups in total. The number of anilines is 1. The summed E-state index contributed by atoms with van der Waals surface area (Å²) in [7, 11) is 1.60. The van der Waals surface area contributed by atoms with Crippen LogP contribution in [0.3, 0.4) is 0 Å². The van der Waals surface area contributed by atoms with Crippen molar-refractivity contribution in [2.24, 2.45) is 0 Å². The highest BCUT2D eigenvalue weighted by Crippen LogP contribution is 2.14. The number of piperazine rings is 1. The van der Waals surface area contributed by atoms with E-state index in [0.717, 1.165) is 38.4 Å². The molecule has 0 bridgehead atoms. The van der Waals surface area contributed by atoms with E-state index in [1.165, 1.54) is 4.68 Å². The molecule has 1 aliphatic heterocycles. The van der Waals surface area contributed by atoms with Gasteiger partial charge in [-0.2, -0.15) is 10.1 Å². The van der Waals surface area contributed by atoms with Gasteiger partial charge in [-0.3, -0.25) is 9.69 Å². The van der Waals surface area contributed by atoms with Crippen LogP contribution >= 0.6 is 0 Å². The fourth-order valence-corrected chi connectivity index (χ4v) is 2.67. The molecule has 3 heterocycles. The van der Waals surface area contributed by atoms with Gasteiger partial charge in [-0.1, -0.05) is 5.16 Å². The second-order valence-corrected chi connectivity index (χ2v) is 5.79. The van der Waals surface area contributed by atoms with Gasteiger partial charge in [-0.05, 0) is 13.0 Å². The molecule has 24 heavy (non-hydrogen) atoms. The predicted molar refractivity (Wildman–Crippen MR) is 86.9 cm³/mol. The molecule has 2 aromatic heterocycles. The number of aromatic nitrogens is 4. The SMILES string of the molecule is COCc1noc(N2CCN(CCn3nc(C)ccc3=O)CC2)n1. The predicted octanol–water partition coefficient (Wildman–Crippen LogP) is -0.0967. The fraction of sp³-hybridized carbons (Fsp3) is 0.600. The van der Waals surface area contributed by atoms with Crippen LogP contribution in [-0.2, 0) is 17.9 Å². The third-order valence-electron chi connectivity index (χ3n) is 4.00. The Bertz CT molecular complexity index is 720. The summed E-state index contributed by atoms with van der Waals surface area (Å²) in [6.07, 6.45) is 0. The summed E-state index contributed by atoms with van der Waals surface area (Å²) >= 11 is 0. The normalized spacial score (nSPS) is 15.8. The minimum atomic E-state index is -0.0595. The van der Waals surface area contributed by atoms with Crippen molar-refractivity contribution in [2.45, 2.75) is 20.1 Å². The van der Waals surface area contributed by atoms with Gasteiger partial charge in [0.2, 0.25) is 0 Å². The van der Waals surface area contributed by atoms with Crippen molar-refractivity contribution in [3.05, 3.63) is 34.0 Å². The van der Waals surface area contributed by atoms with Gasteiger partial charge < -0.3 is 14.2 Å². The maximum Gasteiger partial charge on any atom is 0.324 e. The van der Waals surface area contributed by atoms with Crippen molar-refractivity contribution in [2.75, 3.05) is 44.7 Å². The van der Waals surface area contributed by atoms with E-state index in [1.807, 2.05) is 6.92 Å². The Balaban J connectivity index is 1.49. The maximum absolute atomic E-state index is 11.8. The van der Waals surface area contributed by atoms with E-state index < -0.39 is 0 Å². The van der Waals surface area contributed by atoms with Gasteiger partial charge >= 0.3 is 6.01 Å². The highest BCUT2D eigenvalue weighted by Gasteiger charge is 2.21. The van der Waals surface area contributed by atoms with Gasteiger partial charge in [-0.15, -0.1) is 0 Å². The van der Waals surface area contributed by atoms with Crippen LogP contribution in [0.2, 0.25) is 0 Å². The van der Waals surface area contributed by atoms with Gasteiger partial charge in [0, 0.05) is 45.9 Å². The molecule has 3 rings (SSSR count). The number of nitrogens with zero attached hydrogens (tertiary/aromatic N) is 6. The Labute approximate surface area is 139 Å². The van der Waals surface area contributed by atoms with E-state index in [4.69, 9.17) is 9.26 Å². The van der Waals surface area contributed by atoms with Crippen LogP contribution in [-0.4, -0.2) is 64.7 Å². The smallest absolute Gasteiger partial charge is 0.324 e. The topological polar surface area (TPSA) is 89.5 Å². The second-order valence-electron chi connectivity index (χ2n) is 5.79. The zero-order chi connectivity index (χ0) is 16.9. The summed E-state index contributed by atoms with van der Waals surface area (Å²) in [6.45, 7) is 7.00. The second kappa shape index (κ2) is 7.54. The molecule has 0 saturated carbocycles. The highest BCUT2D eigenvalue weighted by atomic mass is 16.5. The third-order valence-corrected chi connectivity index (χ3v) is 4.00. The van der Waals surface area contributed by atoms with Gasteiger partial charge in [0.1, 0.15) is 6.61 Å². The summed E-state index contributed by atoms with van der Waals surface area (Å²) in [5.41, 5.74) is 0.790. The van der Waals surface area contributed by atoms with Crippen molar-refractivity contribution >= 4 is 6.01 Å². The van der Waals surface area contributed by atoms with Crippen molar-refractivity contribution < 1.29 is 9.26 Å². The Morgan fingerprint density at radius 1 is 1.21 bits per heavy atom. The van der Waals surface area contributed by atoms with Crippen molar-refractivity contribution in [3.63, 3.8) is 0 Å². The molecule has 0 aromatic carbocycles. The molecule has 0 radical (unpaired) electrons. The first-order valence-electron chi connectivity index (χ1n) is 7.99. The lowest BCUT2D eigenvalue weighted by atomic mass is 10.3. The first-order chi connectivity index (χ1) is 11.7. The first-order valence-corrected chi connectivity index (χ1v) is 7.99. The first kappa shape index (κ1) is 16.6. The largest absolute Gasteiger partial charge is 0.377 e. The van der Waals surface area contributed by atoms with Gasteiger partial charge in [0.25, 0.3) is 5.56 Å². The van der Waals surface area contributed by atoms with E-state index in [2.05, 4.69) is 25.0 Å². The Morgan fingerprint density at radius 3 is 2.75 bits per heavy atom. The van der Waals surface area contributed by atoms with Crippen molar-refractivity contribution in [1.29, 1.82) is 0 Å². The lowest BCUT2D eigenvalue weighted by Crippen LogP contribution is -2.47. The van der Waals surface area contributed by atoms with E-state index in [-0.39, 0.29) is 5.56 Å². The minimum Gasteiger partial charge on any atom is -0.377 e. The summed E-state index contributed by atoms with van der Waals surface area (Å²) in [6, 6.07) is 3.84. The summed E-state index contributed by atoms with van der Waals surface area (Å²) in [5, 5.41) is 8.14.